The van der Waals surface area contributed by atoms with Crippen molar-refractivity contribution in [2.24, 2.45) is 0 Å². The Morgan fingerprint density at radius 1 is 0.943 bits per heavy atom. The molecule has 0 bridgehead atoms. The van der Waals surface area contributed by atoms with E-state index in [1.54, 1.807) is 80.6 Å². The summed E-state index contributed by atoms with van der Waals surface area (Å²) in [6, 6.07) is 19.2. The SMILES string of the molecule is CCOc1cc(C=C2C(=O)NC(=O)N(c3ccccc3C)C2=O)ccc1OC(=O)c1ccccc1. The molecule has 1 heterocycles. The van der Waals surface area contributed by atoms with Crippen LogP contribution in [0.15, 0.2) is 78.4 Å². The lowest BCUT2D eigenvalue weighted by molar-refractivity contribution is -0.122. The predicted octanol–water partition coefficient (Wildman–Crippen LogP) is 4.28. The van der Waals surface area contributed by atoms with Gasteiger partial charge in [0.15, 0.2) is 11.5 Å². The number of ether oxygens (including phenoxy) is 2. The number of aryl methyl sites for hydroxylation is 1. The summed E-state index contributed by atoms with van der Waals surface area (Å²) in [7, 11) is 0. The van der Waals surface area contributed by atoms with Crippen LogP contribution >= 0.6 is 0 Å². The first-order valence-electron chi connectivity index (χ1n) is 10.9. The van der Waals surface area contributed by atoms with Crippen LogP contribution in [-0.2, 0) is 9.59 Å². The van der Waals surface area contributed by atoms with E-state index in [9.17, 15) is 19.2 Å². The van der Waals surface area contributed by atoms with E-state index in [0.29, 0.717) is 29.0 Å². The predicted molar refractivity (Wildman–Crippen MR) is 129 cm³/mol. The van der Waals surface area contributed by atoms with Gasteiger partial charge in [0.1, 0.15) is 5.57 Å². The van der Waals surface area contributed by atoms with Gasteiger partial charge in [-0.3, -0.25) is 14.9 Å². The minimum absolute atomic E-state index is 0.194. The molecule has 1 aliphatic rings. The van der Waals surface area contributed by atoms with E-state index in [1.165, 1.54) is 12.1 Å². The van der Waals surface area contributed by atoms with Gasteiger partial charge in [-0.05, 0) is 61.4 Å². The third-order valence-corrected chi connectivity index (χ3v) is 5.25. The lowest BCUT2D eigenvalue weighted by atomic mass is 10.1. The molecule has 0 unspecified atom stereocenters. The lowest BCUT2D eigenvalue weighted by Gasteiger charge is -2.27. The fourth-order valence-corrected chi connectivity index (χ4v) is 3.56. The van der Waals surface area contributed by atoms with Crippen molar-refractivity contribution in [3.05, 3.63) is 95.1 Å². The molecule has 1 fully saturated rings. The number of rotatable bonds is 6. The third kappa shape index (κ3) is 4.96. The van der Waals surface area contributed by atoms with Crippen molar-refractivity contribution >= 4 is 35.6 Å². The summed E-state index contributed by atoms with van der Waals surface area (Å²) in [5, 5.41) is 2.21. The van der Waals surface area contributed by atoms with Gasteiger partial charge in [-0.2, -0.15) is 0 Å². The van der Waals surface area contributed by atoms with E-state index in [-0.39, 0.29) is 17.1 Å². The van der Waals surface area contributed by atoms with Crippen molar-refractivity contribution in [3.8, 4) is 11.5 Å². The fraction of sp³-hybridized carbons (Fsp3) is 0.111. The number of carbonyl (C=O) groups is 4. The quantitative estimate of drug-likeness (QED) is 0.250. The van der Waals surface area contributed by atoms with E-state index in [2.05, 4.69) is 5.32 Å². The number of hydrogen-bond acceptors (Lipinski definition) is 6. The smallest absolute Gasteiger partial charge is 0.343 e. The molecule has 1 saturated heterocycles. The fourth-order valence-electron chi connectivity index (χ4n) is 3.56. The Kier molecular flexibility index (Phi) is 6.73. The van der Waals surface area contributed by atoms with Gasteiger partial charge in [0, 0.05) is 0 Å². The average molecular weight is 470 g/mol. The van der Waals surface area contributed by atoms with Crippen LogP contribution in [0.1, 0.15) is 28.4 Å². The summed E-state index contributed by atoms with van der Waals surface area (Å²) in [5.74, 6) is -1.64. The maximum absolute atomic E-state index is 13.2. The molecular formula is C27H22N2O6. The number of anilines is 1. The van der Waals surface area contributed by atoms with Crippen LogP contribution in [0.3, 0.4) is 0 Å². The minimum atomic E-state index is -0.815. The number of nitrogens with zero attached hydrogens (tertiary/aromatic N) is 1. The zero-order valence-electron chi connectivity index (χ0n) is 19.1. The zero-order chi connectivity index (χ0) is 24.9. The number of hydrogen-bond donors (Lipinski definition) is 1. The van der Waals surface area contributed by atoms with E-state index in [4.69, 9.17) is 9.47 Å². The summed E-state index contributed by atoms with van der Waals surface area (Å²) >= 11 is 0. The first-order valence-corrected chi connectivity index (χ1v) is 10.9. The van der Waals surface area contributed by atoms with E-state index >= 15 is 0 Å². The van der Waals surface area contributed by atoms with Crippen molar-refractivity contribution in [3.63, 3.8) is 0 Å². The minimum Gasteiger partial charge on any atom is -0.490 e. The Bertz CT molecular complexity index is 1350. The van der Waals surface area contributed by atoms with Gasteiger partial charge in [0.05, 0.1) is 17.9 Å². The molecule has 4 rings (SSSR count). The molecule has 0 atom stereocenters. The lowest BCUT2D eigenvalue weighted by Crippen LogP contribution is -2.54. The van der Waals surface area contributed by atoms with E-state index < -0.39 is 23.8 Å². The number of para-hydroxylation sites is 1. The molecule has 4 amide bonds. The van der Waals surface area contributed by atoms with Gasteiger partial charge < -0.3 is 9.47 Å². The Morgan fingerprint density at radius 2 is 1.66 bits per heavy atom. The van der Waals surface area contributed by atoms with Crippen LogP contribution in [0.5, 0.6) is 11.5 Å². The van der Waals surface area contributed by atoms with Crippen LogP contribution in [0.4, 0.5) is 10.5 Å². The topological polar surface area (TPSA) is 102 Å². The van der Waals surface area contributed by atoms with Crippen molar-refractivity contribution in [1.29, 1.82) is 0 Å². The normalized spacial score (nSPS) is 14.6. The van der Waals surface area contributed by atoms with Gasteiger partial charge in [0.25, 0.3) is 11.8 Å². The Labute approximate surface area is 201 Å². The number of nitrogens with one attached hydrogen (secondary N) is 1. The molecule has 176 valence electrons. The molecule has 0 aliphatic carbocycles. The number of esters is 1. The van der Waals surface area contributed by atoms with Crippen molar-refractivity contribution in [2.75, 3.05) is 11.5 Å². The highest BCUT2D eigenvalue weighted by molar-refractivity contribution is 6.39. The number of urea groups is 1. The standard InChI is InChI=1S/C27H22N2O6/c1-3-34-23-16-18(13-14-22(23)35-26(32)19-10-5-4-6-11-19)15-20-24(30)28-27(33)29(25(20)31)21-12-8-7-9-17(21)2/h4-16H,3H2,1-2H3,(H,28,30,33). The molecule has 8 nitrogen and oxygen atoms in total. The van der Waals surface area contributed by atoms with Crippen molar-refractivity contribution in [1.82, 2.24) is 5.32 Å². The highest BCUT2D eigenvalue weighted by atomic mass is 16.6. The highest BCUT2D eigenvalue weighted by Crippen LogP contribution is 2.31. The third-order valence-electron chi connectivity index (χ3n) is 5.25. The van der Waals surface area contributed by atoms with Crippen LogP contribution in [0, 0.1) is 6.92 Å². The monoisotopic (exact) mass is 470 g/mol. The molecule has 0 radical (unpaired) electrons. The summed E-state index contributed by atoms with van der Waals surface area (Å²) in [4.78, 5) is 51.5. The number of barbiturate groups is 1. The molecular weight excluding hydrogens is 448 g/mol. The highest BCUT2D eigenvalue weighted by Gasteiger charge is 2.37. The number of carbonyl (C=O) groups excluding carboxylic acids is 4. The second-order valence-electron chi connectivity index (χ2n) is 7.64. The van der Waals surface area contributed by atoms with Crippen LogP contribution in [-0.4, -0.2) is 30.4 Å². The maximum Gasteiger partial charge on any atom is 0.343 e. The zero-order valence-corrected chi connectivity index (χ0v) is 19.1. The van der Waals surface area contributed by atoms with Crippen LogP contribution < -0.4 is 19.7 Å². The van der Waals surface area contributed by atoms with Crippen LogP contribution in [0.2, 0.25) is 0 Å². The first-order chi connectivity index (χ1) is 16.9. The van der Waals surface area contributed by atoms with E-state index in [0.717, 1.165) is 4.90 Å². The van der Waals surface area contributed by atoms with Crippen molar-refractivity contribution in [2.45, 2.75) is 13.8 Å². The molecule has 0 saturated carbocycles. The summed E-state index contributed by atoms with van der Waals surface area (Å²) < 4.78 is 11.1. The van der Waals surface area contributed by atoms with Crippen molar-refractivity contribution < 1.29 is 28.7 Å². The Balaban J connectivity index is 1.66. The first kappa shape index (κ1) is 23.4. The van der Waals surface area contributed by atoms with Gasteiger partial charge in [-0.25, -0.2) is 14.5 Å². The summed E-state index contributed by atoms with van der Waals surface area (Å²) in [5.41, 5.74) is 1.70. The molecule has 1 N–H and O–H groups in total. The van der Waals surface area contributed by atoms with Crippen LogP contribution in [0.25, 0.3) is 6.08 Å². The largest absolute Gasteiger partial charge is 0.490 e. The molecule has 0 aromatic heterocycles. The molecule has 0 spiro atoms. The second kappa shape index (κ2) is 10.0. The molecule has 1 aliphatic heterocycles. The molecule has 8 heteroatoms. The van der Waals surface area contributed by atoms with Gasteiger partial charge in [-0.1, -0.05) is 42.5 Å². The molecule has 3 aromatic carbocycles. The van der Waals surface area contributed by atoms with E-state index in [1.807, 2.05) is 0 Å². The number of amides is 4. The number of benzene rings is 3. The van der Waals surface area contributed by atoms with Gasteiger partial charge >= 0.3 is 12.0 Å². The molecule has 3 aromatic rings. The summed E-state index contributed by atoms with van der Waals surface area (Å²) in [6.45, 7) is 3.84. The number of imide groups is 2. The average Bonchev–Trinajstić information content (AvgIpc) is 2.85. The van der Waals surface area contributed by atoms with Gasteiger partial charge in [0.2, 0.25) is 0 Å². The Hall–Kier alpha value is -4.72. The second-order valence-corrected chi connectivity index (χ2v) is 7.64. The maximum atomic E-state index is 13.2. The summed E-state index contributed by atoms with van der Waals surface area (Å²) in [6.07, 6.45) is 1.36. The molecule has 35 heavy (non-hydrogen) atoms. The van der Waals surface area contributed by atoms with Gasteiger partial charge in [-0.15, -0.1) is 0 Å². The Morgan fingerprint density at radius 3 is 2.37 bits per heavy atom.